The second kappa shape index (κ2) is 11.8. The van der Waals surface area contributed by atoms with Crippen molar-refractivity contribution in [3.05, 3.63) is 31.0 Å². The van der Waals surface area contributed by atoms with Crippen molar-refractivity contribution in [1.29, 1.82) is 0 Å². The maximum atomic E-state index is 11.6. The largest absolute Gasteiger partial charge is 0.493 e. The average molecular weight is 574 g/mol. The topological polar surface area (TPSA) is 105 Å². The van der Waals surface area contributed by atoms with Crippen molar-refractivity contribution in [3.63, 3.8) is 0 Å². The summed E-state index contributed by atoms with van der Waals surface area (Å²) < 4.78 is 20.7. The predicted octanol–water partition coefficient (Wildman–Crippen LogP) is 4.11. The van der Waals surface area contributed by atoms with E-state index in [4.69, 9.17) is 14.2 Å². The Bertz CT molecular complexity index is 1010. The fourth-order valence-corrected chi connectivity index (χ4v) is 4.41. The van der Waals surface area contributed by atoms with E-state index in [2.05, 4.69) is 48.7 Å². The molecular weight excluding hydrogens is 546 g/mol. The van der Waals surface area contributed by atoms with Gasteiger partial charge in [0.25, 0.3) is 0 Å². The monoisotopic (exact) mass is 574 g/mol. The number of ether oxygens (including phenoxy) is 3. The van der Waals surface area contributed by atoms with E-state index >= 15 is 0 Å². The number of nitrogens with one attached hydrogen (secondary N) is 1. The zero-order chi connectivity index (χ0) is 23.0. The van der Waals surface area contributed by atoms with Gasteiger partial charge in [0.15, 0.2) is 0 Å². The molecule has 1 unspecified atom stereocenters. The lowest BCUT2D eigenvalue weighted by molar-refractivity contribution is 0.0519. The Morgan fingerprint density at radius 3 is 2.62 bits per heavy atom. The summed E-state index contributed by atoms with van der Waals surface area (Å²) in [5.74, 6) is 0.772. The fourth-order valence-electron chi connectivity index (χ4n) is 2.87. The normalized spacial score (nSPS) is 12.0. The molecule has 0 aliphatic rings. The van der Waals surface area contributed by atoms with Crippen molar-refractivity contribution in [1.82, 2.24) is 29.6 Å². The van der Waals surface area contributed by atoms with Crippen molar-refractivity contribution < 1.29 is 19.0 Å². The first-order chi connectivity index (χ1) is 15.4. The van der Waals surface area contributed by atoms with Crippen molar-refractivity contribution in [2.45, 2.75) is 39.2 Å². The van der Waals surface area contributed by atoms with Crippen LogP contribution in [0.2, 0.25) is 0 Å². The van der Waals surface area contributed by atoms with Crippen LogP contribution in [-0.2, 0) is 9.47 Å². The van der Waals surface area contributed by atoms with Gasteiger partial charge in [-0.1, -0.05) is 0 Å². The molecule has 32 heavy (non-hydrogen) atoms. The molecule has 1 N–H and O–H groups in total. The van der Waals surface area contributed by atoms with Gasteiger partial charge >= 0.3 is 6.09 Å². The molecule has 0 spiro atoms. The number of fused-ring (bicyclic) bond motifs is 1. The van der Waals surface area contributed by atoms with Crippen LogP contribution < -0.4 is 10.1 Å². The Kier molecular flexibility index (Phi) is 9.06. The molecule has 1 aromatic carbocycles. The number of benzene rings is 1. The summed E-state index contributed by atoms with van der Waals surface area (Å²) in [5, 5.41) is 15.9. The lowest BCUT2D eigenvalue weighted by Gasteiger charge is -2.19. The molecule has 0 saturated heterocycles. The summed E-state index contributed by atoms with van der Waals surface area (Å²) in [6.07, 6.45) is 6.70. The van der Waals surface area contributed by atoms with Gasteiger partial charge in [0.05, 0.1) is 35.8 Å². The van der Waals surface area contributed by atoms with Gasteiger partial charge in [-0.25, -0.2) is 9.25 Å². The Morgan fingerprint density at radius 1 is 1.16 bits per heavy atom. The Morgan fingerprint density at radius 2 is 1.91 bits per heavy atom. The molecule has 0 saturated carbocycles. The van der Waals surface area contributed by atoms with Crippen molar-refractivity contribution in [2.75, 3.05) is 26.4 Å². The van der Waals surface area contributed by atoms with E-state index in [1.807, 2.05) is 42.1 Å². The Hall–Kier alpha value is -1.98. The van der Waals surface area contributed by atoms with Crippen LogP contribution in [0.5, 0.6) is 5.75 Å². The summed E-state index contributed by atoms with van der Waals surface area (Å²) in [5.41, 5.74) is 1.44. The van der Waals surface area contributed by atoms with Gasteiger partial charge in [-0.3, -0.25) is 4.57 Å². The van der Waals surface area contributed by atoms with Crippen LogP contribution in [0.4, 0.5) is 4.79 Å². The van der Waals surface area contributed by atoms with E-state index in [0.29, 0.717) is 32.7 Å². The summed E-state index contributed by atoms with van der Waals surface area (Å²) in [4.78, 5) is 11.6. The van der Waals surface area contributed by atoms with Gasteiger partial charge in [-0.2, -0.15) is 5.10 Å². The highest BCUT2D eigenvalue weighted by atomic mass is 127. The number of carbonyl (C=O) groups is 1. The standard InChI is InChI=1S/C20H28IN6O4P/c1-20(2,3)31-19(28)22-6-4-7-29-8-5-9-30-18-11-15(26-13-23-24-14-26)10-17-16(18)12-25-27(17)32-21/h10-14,32H,4-9H2,1-3H3,(H,22,28). The van der Waals surface area contributed by atoms with Crippen LogP contribution >= 0.6 is 28.4 Å². The Balaban J connectivity index is 1.42. The van der Waals surface area contributed by atoms with E-state index in [1.54, 1.807) is 12.7 Å². The van der Waals surface area contributed by atoms with Gasteiger partial charge < -0.3 is 19.5 Å². The van der Waals surface area contributed by atoms with Crippen molar-refractivity contribution >= 4 is 45.4 Å². The van der Waals surface area contributed by atoms with Crippen LogP contribution in [0, 0.1) is 0 Å². The van der Waals surface area contributed by atoms with Gasteiger partial charge in [-0.15, -0.1) is 10.2 Å². The summed E-state index contributed by atoms with van der Waals surface area (Å²) in [7, 11) is 0. The third-order valence-corrected chi connectivity index (χ3v) is 6.14. The first-order valence-electron chi connectivity index (χ1n) is 10.3. The zero-order valence-electron chi connectivity index (χ0n) is 18.4. The molecule has 0 radical (unpaired) electrons. The van der Waals surface area contributed by atoms with Crippen molar-refractivity contribution in [2.24, 2.45) is 0 Å². The number of amides is 1. The molecule has 0 aliphatic heterocycles. The fraction of sp³-hybridized carbons (Fsp3) is 0.500. The molecule has 174 valence electrons. The molecule has 0 bridgehead atoms. The molecule has 0 aliphatic carbocycles. The van der Waals surface area contributed by atoms with Crippen molar-refractivity contribution in [3.8, 4) is 11.4 Å². The second-order valence-electron chi connectivity index (χ2n) is 7.98. The number of carbonyl (C=O) groups excluding carboxylic acids is 1. The molecular formula is C20H28IN6O4P. The molecule has 2 aromatic heterocycles. The van der Waals surface area contributed by atoms with E-state index in [9.17, 15) is 4.79 Å². The molecule has 1 atom stereocenters. The molecule has 3 aromatic rings. The summed E-state index contributed by atoms with van der Waals surface area (Å²) >= 11 is 2.31. The van der Waals surface area contributed by atoms with Crippen LogP contribution in [-0.4, -0.2) is 62.4 Å². The molecule has 0 fully saturated rings. The number of hydrogen-bond acceptors (Lipinski definition) is 7. The van der Waals surface area contributed by atoms with E-state index in [0.717, 1.165) is 35.2 Å². The van der Waals surface area contributed by atoms with Crippen LogP contribution in [0.25, 0.3) is 16.6 Å². The van der Waals surface area contributed by atoms with Gasteiger partial charge in [-0.05, 0) is 55.3 Å². The zero-order valence-corrected chi connectivity index (χ0v) is 21.5. The minimum atomic E-state index is -0.490. The van der Waals surface area contributed by atoms with Gasteiger partial charge in [0.2, 0.25) is 0 Å². The molecule has 12 heteroatoms. The number of rotatable bonds is 11. The lowest BCUT2D eigenvalue weighted by Crippen LogP contribution is -2.33. The highest BCUT2D eigenvalue weighted by Crippen LogP contribution is 2.34. The molecule has 2 heterocycles. The quantitative estimate of drug-likeness (QED) is 0.209. The number of nitrogens with zero attached hydrogens (tertiary/aromatic N) is 5. The number of alkyl carbamates (subject to hydrolysis) is 1. The maximum Gasteiger partial charge on any atom is 0.407 e. The first kappa shape index (κ1) is 24.7. The second-order valence-corrected chi connectivity index (χ2v) is 10.0. The van der Waals surface area contributed by atoms with E-state index in [-0.39, 0.29) is 0 Å². The SMILES string of the molecule is CC(C)(C)OC(=O)NCCCOCCCOc1cc(-n2cnnc2)cc2c1cnn2PI. The smallest absolute Gasteiger partial charge is 0.407 e. The predicted molar refractivity (Wildman–Crippen MR) is 132 cm³/mol. The van der Waals surface area contributed by atoms with E-state index < -0.39 is 11.7 Å². The summed E-state index contributed by atoms with van der Waals surface area (Å²) in [6.45, 7) is 7.69. The first-order valence-corrected chi connectivity index (χ1v) is 14.3. The highest BCUT2D eigenvalue weighted by molar-refractivity contribution is 14.2. The number of hydrogen-bond donors (Lipinski definition) is 1. The molecule has 1 amide bonds. The third-order valence-electron chi connectivity index (χ3n) is 4.26. The highest BCUT2D eigenvalue weighted by Gasteiger charge is 2.15. The van der Waals surface area contributed by atoms with Crippen LogP contribution in [0.1, 0.15) is 33.6 Å². The van der Waals surface area contributed by atoms with Crippen LogP contribution in [0.3, 0.4) is 0 Å². The number of halogens is 1. The Labute approximate surface area is 201 Å². The maximum absolute atomic E-state index is 11.6. The van der Waals surface area contributed by atoms with Gasteiger partial charge in [0, 0.05) is 32.2 Å². The molecule has 3 rings (SSSR count). The van der Waals surface area contributed by atoms with Crippen LogP contribution in [0.15, 0.2) is 31.0 Å². The lowest BCUT2D eigenvalue weighted by atomic mass is 10.2. The average Bonchev–Trinajstić information content (AvgIpc) is 3.40. The minimum absolute atomic E-state index is 0.405. The summed E-state index contributed by atoms with van der Waals surface area (Å²) in [6, 6.07) is 4.02. The minimum Gasteiger partial charge on any atom is -0.493 e. The number of aromatic nitrogens is 5. The van der Waals surface area contributed by atoms with E-state index in [1.165, 1.54) is 0 Å². The van der Waals surface area contributed by atoms with Gasteiger partial charge in [0.1, 0.15) is 24.0 Å². The third kappa shape index (κ3) is 7.28. The molecule has 10 nitrogen and oxygen atoms in total.